The molecule has 7 heteroatoms. The Morgan fingerprint density at radius 3 is 2.79 bits per heavy atom. The van der Waals surface area contributed by atoms with E-state index in [1.807, 2.05) is 0 Å². The summed E-state index contributed by atoms with van der Waals surface area (Å²) in [5.41, 5.74) is 0.194. The number of aromatic hydroxyl groups is 1. The van der Waals surface area contributed by atoms with E-state index in [1.165, 1.54) is 6.07 Å². The molecule has 0 atom stereocenters. The van der Waals surface area contributed by atoms with Gasteiger partial charge in [0, 0.05) is 6.21 Å². The van der Waals surface area contributed by atoms with Crippen LogP contribution in [0.1, 0.15) is 11.1 Å². The van der Waals surface area contributed by atoms with Gasteiger partial charge in [-0.2, -0.15) is 0 Å². The van der Waals surface area contributed by atoms with Crippen LogP contribution in [0, 0.1) is 17.5 Å². The van der Waals surface area contributed by atoms with Crippen molar-refractivity contribution in [2.45, 2.75) is 6.92 Å². The Kier molecular flexibility index (Phi) is 3.57. The quantitative estimate of drug-likeness (QED) is 0.583. The molecule has 1 aromatic carbocycles. The summed E-state index contributed by atoms with van der Waals surface area (Å²) < 4.78 is 13.3. The minimum Gasteiger partial charge on any atom is -0.494 e. The first-order valence-corrected chi connectivity index (χ1v) is 5.74. The van der Waals surface area contributed by atoms with Gasteiger partial charge in [-0.25, -0.2) is 4.39 Å². The number of halogens is 1. The molecule has 3 N–H and O–H groups in total. The zero-order valence-corrected chi connectivity index (χ0v) is 10.7. The molecule has 19 heavy (non-hydrogen) atoms. The Bertz CT molecular complexity index is 764. The third kappa shape index (κ3) is 2.94. The Morgan fingerprint density at radius 2 is 2.16 bits per heavy atom. The van der Waals surface area contributed by atoms with E-state index in [1.54, 1.807) is 19.1 Å². The first-order valence-electron chi connectivity index (χ1n) is 5.33. The van der Waals surface area contributed by atoms with Crippen molar-refractivity contribution in [3.8, 4) is 5.88 Å². The maximum atomic E-state index is 13.3. The molecule has 0 saturated heterocycles. The van der Waals surface area contributed by atoms with Crippen LogP contribution in [0.25, 0.3) is 0 Å². The van der Waals surface area contributed by atoms with Crippen molar-refractivity contribution < 1.29 is 9.50 Å². The fraction of sp³-hybridized carbons (Fsp3) is 0.0833. The van der Waals surface area contributed by atoms with Gasteiger partial charge in [-0.3, -0.25) is 14.8 Å². The number of aliphatic imine (C=N–C) groups is 1. The predicted molar refractivity (Wildman–Crippen MR) is 72.3 cm³/mol. The standard InChI is InChI=1S/C12H10FN3O2S/c1-6-2-3-7(4-9(6)13)14-5-8-10(17)15-12(19)16-11(8)18/h2-5H,1H3,(H3,15,16,17,18,19). The lowest BCUT2D eigenvalue weighted by atomic mass is 10.2. The number of aryl methyl sites for hydroxylation is 1. The predicted octanol–water partition coefficient (Wildman–Crippen LogP) is 2.34. The second kappa shape index (κ2) is 5.15. The zero-order valence-electron chi connectivity index (χ0n) is 9.90. The van der Waals surface area contributed by atoms with Crippen molar-refractivity contribution in [3.63, 3.8) is 0 Å². The maximum absolute atomic E-state index is 13.3. The highest BCUT2D eigenvalue weighted by Crippen LogP contribution is 2.16. The van der Waals surface area contributed by atoms with Gasteiger partial charge in [0.15, 0.2) is 4.77 Å². The summed E-state index contributed by atoms with van der Waals surface area (Å²) in [5, 5.41) is 9.54. The Hall–Kier alpha value is -2.28. The van der Waals surface area contributed by atoms with Gasteiger partial charge in [0.25, 0.3) is 5.56 Å². The van der Waals surface area contributed by atoms with Crippen LogP contribution in [0.15, 0.2) is 28.0 Å². The van der Waals surface area contributed by atoms with E-state index in [2.05, 4.69) is 15.0 Å². The van der Waals surface area contributed by atoms with Crippen LogP contribution in [0.3, 0.4) is 0 Å². The molecule has 0 amide bonds. The summed E-state index contributed by atoms with van der Waals surface area (Å²) in [5.74, 6) is -0.773. The number of hydrogen-bond donors (Lipinski definition) is 3. The van der Waals surface area contributed by atoms with E-state index in [9.17, 15) is 14.3 Å². The van der Waals surface area contributed by atoms with E-state index in [-0.39, 0.29) is 22.0 Å². The molecule has 1 heterocycles. The average Bonchev–Trinajstić information content (AvgIpc) is 2.32. The van der Waals surface area contributed by atoms with Crippen molar-refractivity contribution in [3.05, 3.63) is 50.3 Å². The zero-order chi connectivity index (χ0) is 14.0. The molecule has 1 aromatic heterocycles. The minimum absolute atomic E-state index is 0.0148. The average molecular weight is 279 g/mol. The molecule has 0 fully saturated rings. The fourth-order valence-electron chi connectivity index (χ4n) is 1.41. The lowest BCUT2D eigenvalue weighted by Gasteiger charge is -1.99. The number of benzene rings is 1. The molecule has 0 aliphatic rings. The molecule has 2 rings (SSSR count). The molecule has 0 unspecified atom stereocenters. The second-order valence-corrected chi connectivity index (χ2v) is 4.27. The number of nitrogens with one attached hydrogen (secondary N) is 2. The topological polar surface area (TPSA) is 81.2 Å². The van der Waals surface area contributed by atoms with Crippen LogP contribution in [0.5, 0.6) is 5.88 Å². The summed E-state index contributed by atoms with van der Waals surface area (Å²) in [4.78, 5) is 20.2. The highest BCUT2D eigenvalue weighted by molar-refractivity contribution is 7.71. The maximum Gasteiger partial charge on any atom is 0.264 e. The minimum atomic E-state index is -0.572. The third-order valence-electron chi connectivity index (χ3n) is 2.46. The third-order valence-corrected chi connectivity index (χ3v) is 2.66. The largest absolute Gasteiger partial charge is 0.494 e. The molecule has 0 radical (unpaired) electrons. The van der Waals surface area contributed by atoms with Crippen LogP contribution in [0.4, 0.5) is 10.1 Å². The molecular formula is C12H10FN3O2S. The van der Waals surface area contributed by atoms with Gasteiger partial charge in [0.2, 0.25) is 5.88 Å². The Labute approximate surface area is 112 Å². The normalized spacial score (nSPS) is 11.1. The van der Waals surface area contributed by atoms with Gasteiger partial charge in [-0.1, -0.05) is 6.07 Å². The SMILES string of the molecule is Cc1ccc(N=Cc2c(O)[nH]c(=S)[nH]c2=O)cc1F. The van der Waals surface area contributed by atoms with Crippen molar-refractivity contribution >= 4 is 24.1 Å². The highest BCUT2D eigenvalue weighted by atomic mass is 32.1. The molecule has 5 nitrogen and oxygen atoms in total. The van der Waals surface area contributed by atoms with Gasteiger partial charge in [-0.15, -0.1) is 0 Å². The molecule has 0 spiro atoms. The van der Waals surface area contributed by atoms with Crippen LogP contribution in [0.2, 0.25) is 0 Å². The first-order chi connectivity index (χ1) is 8.97. The number of rotatable bonds is 2. The number of nitrogens with zero attached hydrogens (tertiary/aromatic N) is 1. The second-order valence-electron chi connectivity index (χ2n) is 3.86. The molecule has 0 saturated carbocycles. The van der Waals surface area contributed by atoms with E-state index < -0.39 is 5.56 Å². The summed E-state index contributed by atoms with van der Waals surface area (Å²) in [6.45, 7) is 1.64. The van der Waals surface area contributed by atoms with Crippen molar-refractivity contribution in [1.82, 2.24) is 9.97 Å². The summed E-state index contributed by atoms with van der Waals surface area (Å²) in [6.07, 6.45) is 1.14. The van der Waals surface area contributed by atoms with E-state index in [0.717, 1.165) is 6.21 Å². The number of hydrogen-bond acceptors (Lipinski definition) is 4. The smallest absolute Gasteiger partial charge is 0.264 e. The summed E-state index contributed by atoms with van der Waals surface area (Å²) in [7, 11) is 0. The Balaban J connectivity index is 2.40. The lowest BCUT2D eigenvalue weighted by Crippen LogP contribution is -2.13. The molecule has 2 aromatic rings. The van der Waals surface area contributed by atoms with Crippen molar-refractivity contribution in [1.29, 1.82) is 0 Å². The number of aromatic nitrogens is 2. The van der Waals surface area contributed by atoms with E-state index in [0.29, 0.717) is 11.3 Å². The van der Waals surface area contributed by atoms with Gasteiger partial charge >= 0.3 is 0 Å². The van der Waals surface area contributed by atoms with Crippen LogP contribution in [-0.2, 0) is 0 Å². The van der Waals surface area contributed by atoms with Crippen LogP contribution in [-0.4, -0.2) is 21.3 Å². The summed E-state index contributed by atoms with van der Waals surface area (Å²) >= 11 is 4.69. The van der Waals surface area contributed by atoms with Gasteiger partial charge in [-0.05, 0) is 36.8 Å². The first kappa shape index (κ1) is 13.2. The van der Waals surface area contributed by atoms with E-state index in [4.69, 9.17) is 12.2 Å². The monoisotopic (exact) mass is 279 g/mol. The molecule has 98 valence electrons. The molecule has 0 aliphatic carbocycles. The Morgan fingerprint density at radius 1 is 1.42 bits per heavy atom. The van der Waals surface area contributed by atoms with Gasteiger partial charge in [0.05, 0.1) is 5.69 Å². The molecular weight excluding hydrogens is 269 g/mol. The highest BCUT2D eigenvalue weighted by Gasteiger charge is 2.04. The number of aromatic amines is 2. The van der Waals surface area contributed by atoms with Crippen molar-refractivity contribution in [2.75, 3.05) is 0 Å². The lowest BCUT2D eigenvalue weighted by molar-refractivity contribution is 0.449. The summed E-state index contributed by atoms with van der Waals surface area (Å²) in [6, 6.07) is 4.41. The van der Waals surface area contributed by atoms with Crippen LogP contribution < -0.4 is 5.56 Å². The van der Waals surface area contributed by atoms with Gasteiger partial charge in [0.1, 0.15) is 11.4 Å². The fourth-order valence-corrected chi connectivity index (χ4v) is 1.59. The van der Waals surface area contributed by atoms with Crippen molar-refractivity contribution in [2.24, 2.45) is 4.99 Å². The molecule has 0 aliphatic heterocycles. The van der Waals surface area contributed by atoms with Crippen LogP contribution >= 0.6 is 12.2 Å². The van der Waals surface area contributed by atoms with Gasteiger partial charge < -0.3 is 10.1 Å². The molecule has 0 bridgehead atoms. The van der Waals surface area contributed by atoms with E-state index >= 15 is 0 Å². The number of H-pyrrole nitrogens is 2.